The lowest BCUT2D eigenvalue weighted by molar-refractivity contribution is -0.384. The smallest absolute Gasteiger partial charge is 0.284 e. The van der Waals surface area contributed by atoms with Crippen LogP contribution in [0, 0.1) is 17.0 Å². The molecule has 0 radical (unpaired) electrons. The van der Waals surface area contributed by atoms with Gasteiger partial charge in [0, 0.05) is 17.5 Å². The summed E-state index contributed by atoms with van der Waals surface area (Å²) in [7, 11) is 0. The van der Waals surface area contributed by atoms with Crippen molar-refractivity contribution in [2.24, 2.45) is 10.2 Å². The summed E-state index contributed by atoms with van der Waals surface area (Å²) in [6, 6.07) is 11.4. The fourth-order valence-electron chi connectivity index (χ4n) is 3.03. The van der Waals surface area contributed by atoms with Crippen LogP contribution in [0.15, 0.2) is 52.7 Å². The number of H-pyrrole nitrogens is 1. The summed E-state index contributed by atoms with van der Waals surface area (Å²) in [6.07, 6.45) is 0. The molecule has 0 atom stereocenters. The number of nitrogens with one attached hydrogen (secondary N) is 1. The van der Waals surface area contributed by atoms with Crippen molar-refractivity contribution < 1.29 is 14.8 Å². The molecule has 2 aromatic heterocycles. The van der Waals surface area contributed by atoms with Gasteiger partial charge in [-0.2, -0.15) is 0 Å². The summed E-state index contributed by atoms with van der Waals surface area (Å²) in [5.41, 5.74) is 1.83. The number of azo groups is 1. The Labute approximate surface area is 157 Å². The minimum atomic E-state index is -0.553. The van der Waals surface area contributed by atoms with E-state index in [4.69, 9.17) is 0 Å². The number of rotatable bonds is 4. The highest BCUT2D eigenvalue weighted by Gasteiger charge is 2.16. The number of amides is 1. The molecule has 2 aromatic carbocycles. The molecule has 2 N–H and O–H groups in total. The Balaban J connectivity index is 1.64. The molecule has 140 valence electrons. The summed E-state index contributed by atoms with van der Waals surface area (Å²) >= 11 is 0. The van der Waals surface area contributed by atoms with Crippen LogP contribution >= 0.6 is 0 Å². The highest BCUT2D eigenvalue weighted by atomic mass is 16.6. The number of aromatic hydroxyl groups is 1. The van der Waals surface area contributed by atoms with Crippen LogP contribution < -0.4 is 0 Å². The number of hydrogen-bond donors (Lipinski definition) is 2. The normalized spacial score (nSPS) is 11.6. The Bertz CT molecular complexity index is 1270. The first-order valence-electron chi connectivity index (χ1n) is 8.29. The fourth-order valence-corrected chi connectivity index (χ4v) is 3.03. The zero-order valence-corrected chi connectivity index (χ0v) is 14.7. The molecular formula is C18H14N6O4. The second-order valence-corrected chi connectivity index (χ2v) is 6.14. The van der Waals surface area contributed by atoms with E-state index in [1.165, 1.54) is 18.2 Å². The predicted molar refractivity (Wildman–Crippen MR) is 101 cm³/mol. The van der Waals surface area contributed by atoms with Crippen LogP contribution in [0.3, 0.4) is 0 Å². The average molecular weight is 378 g/mol. The van der Waals surface area contributed by atoms with Crippen LogP contribution in [-0.2, 0) is 11.3 Å². The van der Waals surface area contributed by atoms with Crippen LogP contribution in [0.1, 0.15) is 5.82 Å². The molecule has 2 heterocycles. The quantitative estimate of drug-likeness (QED) is 0.316. The summed E-state index contributed by atoms with van der Waals surface area (Å²) in [6.45, 7) is 1.72. The summed E-state index contributed by atoms with van der Waals surface area (Å²) < 4.78 is 1.72. The molecule has 0 saturated carbocycles. The van der Waals surface area contributed by atoms with Crippen LogP contribution in [-0.4, -0.2) is 30.5 Å². The number of aromatic amines is 1. The molecule has 0 unspecified atom stereocenters. The molecule has 10 heteroatoms. The molecule has 4 rings (SSSR count). The van der Waals surface area contributed by atoms with Crippen molar-refractivity contribution in [1.82, 2.24) is 14.5 Å². The molecule has 0 aliphatic heterocycles. The van der Waals surface area contributed by atoms with Crippen molar-refractivity contribution >= 4 is 39.2 Å². The van der Waals surface area contributed by atoms with Crippen molar-refractivity contribution in [3.63, 3.8) is 0 Å². The minimum absolute atomic E-state index is 0.0285. The maximum absolute atomic E-state index is 12.3. The molecule has 1 amide bonds. The topological polar surface area (TPSA) is 139 Å². The first-order valence-corrected chi connectivity index (χ1v) is 8.29. The van der Waals surface area contributed by atoms with E-state index in [0.29, 0.717) is 16.7 Å². The molecular weight excluding hydrogens is 364 g/mol. The van der Waals surface area contributed by atoms with E-state index in [1.54, 1.807) is 11.5 Å². The maximum Gasteiger partial charge on any atom is 0.284 e. The number of non-ortho nitro benzene ring substituents is 1. The zero-order valence-electron chi connectivity index (χ0n) is 14.7. The van der Waals surface area contributed by atoms with E-state index < -0.39 is 10.8 Å². The number of imidazole rings is 1. The second kappa shape index (κ2) is 6.58. The van der Waals surface area contributed by atoms with E-state index in [9.17, 15) is 20.0 Å². The molecule has 0 bridgehead atoms. The number of nitrogens with zero attached hydrogens (tertiary/aromatic N) is 5. The number of nitro benzene ring substituents is 1. The highest BCUT2D eigenvalue weighted by molar-refractivity contribution is 5.95. The number of nitro groups is 1. The molecule has 0 spiro atoms. The van der Waals surface area contributed by atoms with Gasteiger partial charge in [0.25, 0.3) is 11.6 Å². The Morgan fingerprint density at radius 3 is 2.89 bits per heavy atom. The number of aryl methyl sites for hydroxylation is 1. The van der Waals surface area contributed by atoms with Crippen LogP contribution in [0.4, 0.5) is 11.4 Å². The average Bonchev–Trinajstić information content (AvgIpc) is 3.15. The first-order chi connectivity index (χ1) is 13.4. The van der Waals surface area contributed by atoms with Gasteiger partial charge in [0.1, 0.15) is 12.4 Å². The Morgan fingerprint density at radius 2 is 2.11 bits per heavy atom. The van der Waals surface area contributed by atoms with E-state index >= 15 is 0 Å². The lowest BCUT2D eigenvalue weighted by atomic mass is 10.2. The van der Waals surface area contributed by atoms with Gasteiger partial charge in [-0.1, -0.05) is 12.1 Å². The van der Waals surface area contributed by atoms with E-state index in [0.717, 1.165) is 11.0 Å². The Hall–Kier alpha value is -4.08. The third kappa shape index (κ3) is 2.96. The van der Waals surface area contributed by atoms with Crippen molar-refractivity contribution in [3.8, 4) is 5.88 Å². The molecule has 0 aliphatic carbocycles. The van der Waals surface area contributed by atoms with Crippen LogP contribution in [0.2, 0.25) is 0 Å². The van der Waals surface area contributed by atoms with Crippen LogP contribution in [0.25, 0.3) is 21.9 Å². The first kappa shape index (κ1) is 17.3. The van der Waals surface area contributed by atoms with Crippen molar-refractivity contribution in [2.45, 2.75) is 13.5 Å². The lowest BCUT2D eigenvalue weighted by Crippen LogP contribution is -2.08. The Kier molecular flexibility index (Phi) is 4.07. The van der Waals surface area contributed by atoms with Gasteiger partial charge in [-0.3, -0.25) is 14.9 Å². The largest absolute Gasteiger partial charge is 0.493 e. The Morgan fingerprint density at radius 1 is 1.32 bits per heavy atom. The molecule has 0 saturated heterocycles. The second-order valence-electron chi connectivity index (χ2n) is 6.14. The zero-order chi connectivity index (χ0) is 19.8. The summed E-state index contributed by atoms with van der Waals surface area (Å²) in [4.78, 5) is 29.8. The van der Waals surface area contributed by atoms with Gasteiger partial charge >= 0.3 is 0 Å². The molecule has 4 aromatic rings. The number of carbonyl (C=O) groups is 1. The van der Waals surface area contributed by atoms with Gasteiger partial charge < -0.3 is 14.7 Å². The van der Waals surface area contributed by atoms with Crippen molar-refractivity contribution in [3.05, 3.63) is 58.4 Å². The minimum Gasteiger partial charge on any atom is -0.493 e. The number of benzene rings is 2. The van der Waals surface area contributed by atoms with Gasteiger partial charge in [-0.15, -0.1) is 10.2 Å². The monoisotopic (exact) mass is 378 g/mol. The SMILES string of the molecule is Cc1nc2ccccc2n1CC(=O)N=Nc1c(O)[nH]c2ccc([N+](=O)[O-])cc12. The molecule has 10 nitrogen and oxygen atoms in total. The van der Waals surface area contributed by atoms with Gasteiger partial charge in [-0.25, -0.2) is 4.98 Å². The van der Waals surface area contributed by atoms with E-state index in [1.807, 2.05) is 24.3 Å². The number of para-hydroxylation sites is 2. The maximum atomic E-state index is 12.3. The van der Waals surface area contributed by atoms with Gasteiger partial charge in [-0.05, 0) is 25.1 Å². The number of fused-ring (bicyclic) bond motifs is 2. The van der Waals surface area contributed by atoms with Gasteiger partial charge in [0.15, 0.2) is 5.69 Å². The number of carbonyl (C=O) groups excluding carboxylic acids is 1. The van der Waals surface area contributed by atoms with E-state index in [-0.39, 0.29) is 23.8 Å². The lowest BCUT2D eigenvalue weighted by Gasteiger charge is -2.02. The molecule has 28 heavy (non-hydrogen) atoms. The van der Waals surface area contributed by atoms with Gasteiger partial charge in [0.2, 0.25) is 5.88 Å². The molecule has 0 aliphatic rings. The highest BCUT2D eigenvalue weighted by Crippen LogP contribution is 2.37. The predicted octanol–water partition coefficient (Wildman–Crippen LogP) is 3.75. The van der Waals surface area contributed by atoms with Crippen molar-refractivity contribution in [1.29, 1.82) is 0 Å². The van der Waals surface area contributed by atoms with Crippen LogP contribution in [0.5, 0.6) is 5.88 Å². The summed E-state index contributed by atoms with van der Waals surface area (Å²) in [5.74, 6) is -0.211. The van der Waals surface area contributed by atoms with E-state index in [2.05, 4.69) is 20.2 Å². The standard InChI is InChI=1S/C18H14N6O4/c1-10-19-14-4-2-3-5-15(14)23(10)9-16(25)21-22-17-12-8-11(24(27)28)6-7-13(12)20-18(17)26/h2-8,20,26H,9H2,1H3. The van der Waals surface area contributed by atoms with Gasteiger partial charge in [0.05, 0.1) is 21.5 Å². The third-order valence-corrected chi connectivity index (χ3v) is 4.35. The molecule has 0 fully saturated rings. The number of aromatic nitrogens is 3. The number of hydrogen-bond acceptors (Lipinski definition) is 6. The van der Waals surface area contributed by atoms with Crippen molar-refractivity contribution in [2.75, 3.05) is 0 Å². The fraction of sp³-hybridized carbons (Fsp3) is 0.111. The third-order valence-electron chi connectivity index (χ3n) is 4.35. The summed E-state index contributed by atoms with van der Waals surface area (Å²) in [5, 5.41) is 28.8.